The molecule has 0 unspecified atom stereocenters. The van der Waals surface area contributed by atoms with Gasteiger partial charge in [-0.1, -0.05) is 48.5 Å². The standard InChI is InChI=1S/C40H20F34O2/c41-25(42,27(45,46)29(49,50)31(53,54)33(57,58)35(61,62)37(65,66)39(69,70)71)11-9-15-1-5-19-17(13-15)3-7-21(75)23(19)24-20-6-2-16(14-18(20)4-8-22(24)76)10-12-26(43,44)28(47,48)30(51,52)32(55,56)34(59,60)36(63,64)38(67,68)40(72,73)74/h1-8,13-14,75-76H,9-12H2. The quantitative estimate of drug-likeness (QED) is 0.0919. The predicted molar refractivity (Wildman–Crippen MR) is 188 cm³/mol. The van der Waals surface area contributed by atoms with Crippen LogP contribution in [0.3, 0.4) is 0 Å². The van der Waals surface area contributed by atoms with Crippen LogP contribution < -0.4 is 0 Å². The van der Waals surface area contributed by atoms with Gasteiger partial charge in [0.05, 0.1) is 0 Å². The van der Waals surface area contributed by atoms with E-state index >= 15 is 0 Å². The summed E-state index contributed by atoms with van der Waals surface area (Å²) in [4.78, 5) is 0. The number of alkyl halides is 34. The first-order valence-corrected chi connectivity index (χ1v) is 19.3. The number of rotatable bonds is 19. The van der Waals surface area contributed by atoms with Crippen molar-refractivity contribution in [2.45, 2.75) is 121 Å². The topological polar surface area (TPSA) is 40.5 Å². The van der Waals surface area contributed by atoms with Crippen LogP contribution in [0.4, 0.5) is 149 Å². The number of halogens is 34. The summed E-state index contributed by atoms with van der Waals surface area (Å²) in [5.41, 5.74) is -2.81. The zero-order chi connectivity index (χ0) is 59.7. The number of hydrogen-bond acceptors (Lipinski definition) is 2. The number of aryl methyl sites for hydroxylation is 2. The molecule has 0 saturated carbocycles. The Morgan fingerprint density at radius 1 is 0.263 bits per heavy atom. The van der Waals surface area contributed by atoms with Crippen LogP contribution in [0.15, 0.2) is 60.7 Å². The van der Waals surface area contributed by atoms with Gasteiger partial charge in [-0.05, 0) is 57.6 Å². The Morgan fingerprint density at radius 3 is 0.724 bits per heavy atom. The van der Waals surface area contributed by atoms with Crippen molar-refractivity contribution < 1.29 is 159 Å². The van der Waals surface area contributed by atoms with Crippen LogP contribution >= 0.6 is 0 Å². The molecule has 0 heterocycles. The predicted octanol–water partition coefficient (Wildman–Crippen LogP) is 17.0. The fraction of sp³-hybridized carbons (Fsp3) is 0.500. The summed E-state index contributed by atoms with van der Waals surface area (Å²) < 4.78 is 466. The lowest BCUT2D eigenvalue weighted by Crippen LogP contribution is -2.74. The van der Waals surface area contributed by atoms with Crippen LogP contribution in [0.1, 0.15) is 24.0 Å². The van der Waals surface area contributed by atoms with Crippen LogP contribution in [0, 0.1) is 0 Å². The molecular weight excluding hydrogens is 1160 g/mol. The van der Waals surface area contributed by atoms with Crippen molar-refractivity contribution in [3.05, 3.63) is 71.8 Å². The molecule has 0 aliphatic rings. The molecule has 4 aromatic carbocycles. The molecule has 4 rings (SSSR count). The van der Waals surface area contributed by atoms with Crippen molar-refractivity contribution in [3.8, 4) is 22.6 Å². The van der Waals surface area contributed by atoms with Crippen LogP contribution in [-0.2, 0) is 12.8 Å². The van der Waals surface area contributed by atoms with Gasteiger partial charge < -0.3 is 10.2 Å². The maximum absolute atomic E-state index is 14.7. The molecule has 0 aliphatic carbocycles. The minimum atomic E-state index is -8.87. The summed E-state index contributed by atoms with van der Waals surface area (Å²) in [5, 5.41) is 19.9. The van der Waals surface area contributed by atoms with Crippen LogP contribution in [0.5, 0.6) is 11.5 Å². The number of hydrogen-bond donors (Lipinski definition) is 2. The average molecular weight is 1180 g/mol. The highest BCUT2D eigenvalue weighted by Crippen LogP contribution is 2.66. The fourth-order valence-corrected chi connectivity index (χ4v) is 6.88. The average Bonchev–Trinajstić information content (AvgIpc) is 3.26. The second-order valence-corrected chi connectivity index (χ2v) is 16.3. The molecule has 0 aromatic heterocycles. The van der Waals surface area contributed by atoms with Crippen molar-refractivity contribution in [1.82, 2.24) is 0 Å². The first-order chi connectivity index (χ1) is 33.4. The molecule has 36 heteroatoms. The minimum absolute atomic E-state index is 0.414. The van der Waals surface area contributed by atoms with Crippen molar-refractivity contribution in [1.29, 1.82) is 0 Å². The summed E-state index contributed by atoms with van der Waals surface area (Å²) in [5.74, 6) is -118. The van der Waals surface area contributed by atoms with Gasteiger partial charge in [0.1, 0.15) is 11.5 Å². The molecule has 0 bridgehead atoms. The lowest BCUT2D eigenvalue weighted by molar-refractivity contribution is -0.461. The molecular formula is C40H20F34O2. The van der Waals surface area contributed by atoms with Gasteiger partial charge in [0.2, 0.25) is 0 Å². The van der Waals surface area contributed by atoms with E-state index in [1.807, 2.05) is 0 Å². The van der Waals surface area contributed by atoms with Crippen molar-refractivity contribution in [2.75, 3.05) is 0 Å². The molecule has 2 nitrogen and oxygen atoms in total. The van der Waals surface area contributed by atoms with Gasteiger partial charge in [0.15, 0.2) is 0 Å². The van der Waals surface area contributed by atoms with Gasteiger partial charge in [-0.15, -0.1) is 0 Å². The van der Waals surface area contributed by atoms with Crippen molar-refractivity contribution >= 4 is 21.5 Å². The summed E-state index contributed by atoms with van der Waals surface area (Å²) in [6.45, 7) is 0. The monoisotopic (exact) mass is 1180 g/mol. The lowest BCUT2D eigenvalue weighted by Gasteiger charge is -2.42. The number of phenolic OH excluding ortho intramolecular Hbond substituents is 2. The first kappa shape index (κ1) is 63.2. The summed E-state index contributed by atoms with van der Waals surface area (Å²) >= 11 is 0. The highest BCUT2D eigenvalue weighted by molar-refractivity contribution is 6.09. The summed E-state index contributed by atoms with van der Waals surface area (Å²) in [7, 11) is 0. The van der Waals surface area contributed by atoms with Gasteiger partial charge >= 0.3 is 95.3 Å². The normalized spacial score (nSPS) is 15.6. The second-order valence-electron chi connectivity index (χ2n) is 16.3. The maximum atomic E-state index is 14.7. The SMILES string of the molecule is Oc1ccc2cc(CCC(F)(F)C(F)(F)C(F)(F)C(F)(F)C(F)(F)C(F)(F)C(F)(F)C(F)(F)F)ccc2c1-c1c(O)ccc2cc(CCC(F)(F)C(F)(F)C(F)(F)C(F)(F)C(F)(F)C(F)(F)C(F)(F)C(F)(F)F)ccc12. The fourth-order valence-electron chi connectivity index (χ4n) is 6.88. The minimum Gasteiger partial charge on any atom is -0.507 e. The van der Waals surface area contributed by atoms with Crippen LogP contribution in [0.25, 0.3) is 32.7 Å². The molecule has 0 fully saturated rings. The second kappa shape index (κ2) is 18.1. The molecule has 0 radical (unpaired) electrons. The zero-order valence-corrected chi connectivity index (χ0v) is 35.3. The van der Waals surface area contributed by atoms with E-state index in [1.54, 1.807) is 0 Å². The van der Waals surface area contributed by atoms with E-state index in [2.05, 4.69) is 0 Å². The molecule has 430 valence electrons. The molecule has 76 heavy (non-hydrogen) atoms. The third kappa shape index (κ3) is 8.82. The van der Waals surface area contributed by atoms with Gasteiger partial charge in [-0.2, -0.15) is 149 Å². The first-order valence-electron chi connectivity index (χ1n) is 19.3. The molecule has 0 atom stereocenters. The number of benzene rings is 4. The van der Waals surface area contributed by atoms with E-state index in [0.717, 1.165) is 12.1 Å². The Hall–Kier alpha value is -5.38. The largest absolute Gasteiger partial charge is 0.507 e. The summed E-state index contributed by atoms with van der Waals surface area (Å²) in [6, 6.07) is 6.61. The number of fused-ring (bicyclic) bond motifs is 2. The molecule has 0 aliphatic heterocycles. The smallest absolute Gasteiger partial charge is 0.460 e. The van der Waals surface area contributed by atoms with E-state index in [1.165, 1.54) is 0 Å². The molecule has 0 spiro atoms. The number of phenols is 2. The van der Waals surface area contributed by atoms with E-state index in [-0.39, 0.29) is 0 Å². The summed E-state index contributed by atoms with van der Waals surface area (Å²) in [6.07, 6.45) is -25.3. The van der Waals surface area contributed by atoms with Crippen molar-refractivity contribution in [3.63, 3.8) is 0 Å². The Bertz CT molecular complexity index is 2610. The van der Waals surface area contributed by atoms with Crippen LogP contribution in [0.2, 0.25) is 0 Å². The third-order valence-electron chi connectivity index (χ3n) is 11.4. The third-order valence-corrected chi connectivity index (χ3v) is 11.4. The van der Waals surface area contributed by atoms with E-state index in [9.17, 15) is 159 Å². The van der Waals surface area contributed by atoms with Gasteiger partial charge in [0, 0.05) is 24.0 Å². The van der Waals surface area contributed by atoms with E-state index < -0.39 is 176 Å². The number of aromatic hydroxyl groups is 2. The van der Waals surface area contributed by atoms with Gasteiger partial charge in [-0.3, -0.25) is 0 Å². The molecule has 0 saturated heterocycles. The Morgan fingerprint density at radius 2 is 0.487 bits per heavy atom. The Balaban J connectivity index is 1.67. The van der Waals surface area contributed by atoms with Crippen molar-refractivity contribution in [2.24, 2.45) is 0 Å². The van der Waals surface area contributed by atoms with E-state index in [0.29, 0.717) is 48.5 Å². The molecule has 2 N–H and O–H groups in total. The van der Waals surface area contributed by atoms with Gasteiger partial charge in [0.25, 0.3) is 0 Å². The Labute approximate surface area is 396 Å². The lowest BCUT2D eigenvalue weighted by atomic mass is 9.87. The Kier molecular flexibility index (Phi) is 15.0. The maximum Gasteiger partial charge on any atom is 0.460 e. The highest BCUT2D eigenvalue weighted by atomic mass is 19.4. The van der Waals surface area contributed by atoms with E-state index in [4.69, 9.17) is 0 Å². The molecule has 0 amide bonds. The highest BCUT2D eigenvalue weighted by Gasteiger charge is 2.97. The molecule has 4 aromatic rings. The zero-order valence-electron chi connectivity index (χ0n) is 35.3. The van der Waals surface area contributed by atoms with Crippen LogP contribution in [-0.4, -0.2) is 105 Å². The van der Waals surface area contributed by atoms with Gasteiger partial charge in [-0.25, -0.2) is 0 Å².